The minimum atomic E-state index is -0.609. The molecule has 4 aromatic carbocycles. The number of aryl methyl sites for hydroxylation is 1. The highest BCUT2D eigenvalue weighted by Gasteiger charge is 2.15. The van der Waals surface area contributed by atoms with E-state index in [9.17, 15) is 9.59 Å². The van der Waals surface area contributed by atoms with Crippen LogP contribution in [0, 0.1) is 6.92 Å². The molecule has 176 valence electrons. The molecule has 0 aliphatic carbocycles. The zero-order valence-corrected chi connectivity index (χ0v) is 19.7. The maximum atomic E-state index is 12.5. The minimum absolute atomic E-state index is 0.275. The maximum Gasteiger partial charge on any atom is 0.338 e. The summed E-state index contributed by atoms with van der Waals surface area (Å²) in [5.74, 6) is 0.0409. The van der Waals surface area contributed by atoms with E-state index < -0.39 is 5.97 Å². The second-order valence-electron chi connectivity index (χ2n) is 8.08. The van der Waals surface area contributed by atoms with Crippen molar-refractivity contribution in [3.63, 3.8) is 0 Å². The van der Waals surface area contributed by atoms with Crippen molar-refractivity contribution in [1.82, 2.24) is 0 Å². The number of ether oxygens (including phenoxy) is 3. The number of carbonyl (C=O) groups excluding carboxylic acids is 2. The molecule has 0 unspecified atom stereocenters. The van der Waals surface area contributed by atoms with Gasteiger partial charge in [-0.05, 0) is 41.8 Å². The predicted octanol–water partition coefficient (Wildman–Crippen LogP) is 6.29. The number of carbonyl (C=O) groups is 2. The highest BCUT2D eigenvalue weighted by molar-refractivity contribution is 5.99. The molecule has 5 nitrogen and oxygen atoms in total. The lowest BCUT2D eigenvalue weighted by Gasteiger charge is -2.12. The molecule has 0 bridgehead atoms. The van der Waals surface area contributed by atoms with Crippen LogP contribution in [0.25, 0.3) is 11.1 Å². The summed E-state index contributed by atoms with van der Waals surface area (Å²) >= 11 is 0. The normalized spacial score (nSPS) is 10.5. The smallest absolute Gasteiger partial charge is 0.338 e. The quantitative estimate of drug-likeness (QED) is 0.214. The molecular formula is C30H26O5. The fraction of sp³-hybridized carbons (Fsp3) is 0.133. The lowest BCUT2D eigenvalue weighted by Crippen LogP contribution is -2.14. The highest BCUT2D eigenvalue weighted by atomic mass is 16.5. The number of hydrogen-bond donors (Lipinski definition) is 0. The monoisotopic (exact) mass is 466 g/mol. The summed E-state index contributed by atoms with van der Waals surface area (Å²) in [6.07, 6.45) is 0. The van der Waals surface area contributed by atoms with Crippen LogP contribution in [0.15, 0.2) is 97.1 Å². The summed E-state index contributed by atoms with van der Waals surface area (Å²) < 4.78 is 16.5. The number of rotatable bonds is 9. The molecule has 0 aliphatic rings. The van der Waals surface area contributed by atoms with Gasteiger partial charge in [0.15, 0.2) is 23.9 Å². The van der Waals surface area contributed by atoms with E-state index in [2.05, 4.69) is 0 Å². The van der Waals surface area contributed by atoms with Gasteiger partial charge < -0.3 is 14.2 Å². The minimum Gasteiger partial charge on any atom is -0.493 e. The molecule has 0 fully saturated rings. The summed E-state index contributed by atoms with van der Waals surface area (Å²) in [5.41, 5.74) is 5.04. The van der Waals surface area contributed by atoms with Crippen LogP contribution in [0.4, 0.5) is 0 Å². The largest absolute Gasteiger partial charge is 0.493 e. The SMILES string of the molecule is COc1cc(C(=O)OCC(=O)c2ccc(-c3ccccc3)cc2)ccc1OCc1ccc(C)cc1. The topological polar surface area (TPSA) is 61.8 Å². The molecule has 0 amide bonds. The van der Waals surface area contributed by atoms with Crippen molar-refractivity contribution in [1.29, 1.82) is 0 Å². The average Bonchev–Trinajstić information content (AvgIpc) is 2.91. The van der Waals surface area contributed by atoms with Crippen LogP contribution >= 0.6 is 0 Å². The Labute approximate surface area is 204 Å². The van der Waals surface area contributed by atoms with Gasteiger partial charge in [0.25, 0.3) is 0 Å². The van der Waals surface area contributed by atoms with Crippen molar-refractivity contribution in [2.24, 2.45) is 0 Å². The Kier molecular flexibility index (Phi) is 7.58. The second kappa shape index (κ2) is 11.2. The molecule has 35 heavy (non-hydrogen) atoms. The number of methoxy groups -OCH3 is 1. The first-order valence-corrected chi connectivity index (χ1v) is 11.3. The molecule has 0 aromatic heterocycles. The number of ketones is 1. The molecule has 0 aliphatic heterocycles. The summed E-state index contributed by atoms with van der Waals surface area (Å²) in [6, 6.07) is 30.0. The van der Waals surface area contributed by atoms with Crippen molar-refractivity contribution >= 4 is 11.8 Å². The molecule has 0 saturated heterocycles. The van der Waals surface area contributed by atoms with Crippen LogP contribution in [-0.2, 0) is 11.3 Å². The van der Waals surface area contributed by atoms with Gasteiger partial charge in [0.2, 0.25) is 0 Å². The van der Waals surface area contributed by atoms with E-state index in [0.717, 1.165) is 16.7 Å². The van der Waals surface area contributed by atoms with Gasteiger partial charge in [0.1, 0.15) is 6.61 Å². The van der Waals surface area contributed by atoms with E-state index in [1.54, 1.807) is 30.3 Å². The van der Waals surface area contributed by atoms with Crippen molar-refractivity contribution in [2.75, 3.05) is 13.7 Å². The second-order valence-corrected chi connectivity index (χ2v) is 8.08. The number of benzene rings is 4. The first-order valence-electron chi connectivity index (χ1n) is 11.3. The van der Waals surface area contributed by atoms with Gasteiger partial charge in [-0.15, -0.1) is 0 Å². The molecule has 4 rings (SSSR count). The third-order valence-electron chi connectivity index (χ3n) is 5.56. The lowest BCUT2D eigenvalue weighted by molar-refractivity contribution is 0.0474. The molecule has 0 radical (unpaired) electrons. The van der Waals surface area contributed by atoms with Crippen LogP contribution in [0.1, 0.15) is 31.8 Å². The van der Waals surface area contributed by atoms with Gasteiger partial charge in [-0.1, -0.05) is 84.4 Å². The van der Waals surface area contributed by atoms with Gasteiger partial charge >= 0.3 is 5.97 Å². The fourth-order valence-corrected chi connectivity index (χ4v) is 3.54. The van der Waals surface area contributed by atoms with Crippen molar-refractivity contribution in [2.45, 2.75) is 13.5 Å². The van der Waals surface area contributed by atoms with Crippen LogP contribution < -0.4 is 9.47 Å². The summed E-state index contributed by atoms with van der Waals surface area (Å²) in [6.45, 7) is 2.05. The van der Waals surface area contributed by atoms with E-state index >= 15 is 0 Å². The van der Waals surface area contributed by atoms with Crippen molar-refractivity contribution in [3.05, 3.63) is 119 Å². The molecule has 0 atom stereocenters. The van der Waals surface area contributed by atoms with E-state index in [1.807, 2.05) is 73.7 Å². The Hall–Kier alpha value is -4.38. The van der Waals surface area contributed by atoms with Gasteiger partial charge in [0.05, 0.1) is 12.7 Å². The Balaban J connectivity index is 1.35. The summed E-state index contributed by atoms with van der Waals surface area (Å²) in [4.78, 5) is 25.1. The highest BCUT2D eigenvalue weighted by Crippen LogP contribution is 2.29. The standard InChI is InChI=1S/C30H26O5/c1-21-8-10-22(11-9-21)19-34-28-17-16-26(18-29(28)33-2)30(32)35-20-27(31)25-14-12-24(13-15-25)23-6-4-3-5-7-23/h3-18H,19-20H2,1-2H3. The Morgan fingerprint density at radius 3 is 2.06 bits per heavy atom. The predicted molar refractivity (Wildman–Crippen MR) is 135 cm³/mol. The number of hydrogen-bond acceptors (Lipinski definition) is 5. The molecule has 0 N–H and O–H groups in total. The van der Waals surface area contributed by atoms with Crippen molar-refractivity contribution < 1.29 is 23.8 Å². The first kappa shape index (κ1) is 23.8. The fourth-order valence-electron chi connectivity index (χ4n) is 3.54. The number of Topliss-reactive ketones (excluding diaryl/α,β-unsaturated/α-hetero) is 1. The molecule has 0 saturated carbocycles. The lowest BCUT2D eigenvalue weighted by atomic mass is 10.0. The summed E-state index contributed by atoms with van der Waals surface area (Å²) in [5, 5.41) is 0. The van der Waals surface area contributed by atoms with E-state index in [1.165, 1.54) is 12.7 Å². The van der Waals surface area contributed by atoms with Crippen LogP contribution in [-0.4, -0.2) is 25.5 Å². The van der Waals surface area contributed by atoms with Crippen LogP contribution in [0.2, 0.25) is 0 Å². The Morgan fingerprint density at radius 1 is 0.714 bits per heavy atom. The van der Waals surface area contributed by atoms with E-state index in [0.29, 0.717) is 23.7 Å². The van der Waals surface area contributed by atoms with Crippen LogP contribution in [0.5, 0.6) is 11.5 Å². The molecule has 0 spiro atoms. The Bertz CT molecular complexity index is 1290. The third kappa shape index (κ3) is 6.15. The summed E-state index contributed by atoms with van der Waals surface area (Å²) in [7, 11) is 1.51. The molecular weight excluding hydrogens is 440 g/mol. The van der Waals surface area contributed by atoms with Gasteiger partial charge in [-0.25, -0.2) is 4.79 Å². The van der Waals surface area contributed by atoms with Gasteiger partial charge in [-0.3, -0.25) is 4.79 Å². The van der Waals surface area contributed by atoms with E-state index in [-0.39, 0.29) is 18.0 Å². The molecule has 4 aromatic rings. The maximum absolute atomic E-state index is 12.5. The zero-order chi connectivity index (χ0) is 24.6. The van der Waals surface area contributed by atoms with Crippen molar-refractivity contribution in [3.8, 4) is 22.6 Å². The third-order valence-corrected chi connectivity index (χ3v) is 5.56. The van der Waals surface area contributed by atoms with Gasteiger partial charge in [-0.2, -0.15) is 0 Å². The Morgan fingerprint density at radius 2 is 1.37 bits per heavy atom. The van der Waals surface area contributed by atoms with Crippen LogP contribution in [0.3, 0.4) is 0 Å². The number of esters is 1. The van der Waals surface area contributed by atoms with Gasteiger partial charge in [0, 0.05) is 5.56 Å². The zero-order valence-electron chi connectivity index (χ0n) is 19.7. The average molecular weight is 467 g/mol. The molecule has 5 heteroatoms. The molecule has 0 heterocycles. The van der Waals surface area contributed by atoms with E-state index in [4.69, 9.17) is 14.2 Å². The first-order chi connectivity index (χ1) is 17.0.